The van der Waals surface area contributed by atoms with Crippen molar-refractivity contribution in [2.45, 2.75) is 90.9 Å². The van der Waals surface area contributed by atoms with Crippen LogP contribution in [0.25, 0.3) is 0 Å². The van der Waals surface area contributed by atoms with Gasteiger partial charge in [0.2, 0.25) is 0 Å². The molecule has 0 heterocycles. The molecular weight excluding hydrogens is 473 g/mol. The van der Waals surface area contributed by atoms with Crippen molar-refractivity contribution in [1.82, 2.24) is 0 Å². The minimum absolute atomic E-state index is 0. The van der Waals surface area contributed by atoms with Gasteiger partial charge in [0.05, 0.1) is 0 Å². The van der Waals surface area contributed by atoms with Gasteiger partial charge in [-0.15, -0.1) is 0 Å². The summed E-state index contributed by atoms with van der Waals surface area (Å²) in [6, 6.07) is 14.7. The van der Waals surface area contributed by atoms with Crippen molar-refractivity contribution in [2.75, 3.05) is 0 Å². The molecule has 0 amide bonds. The van der Waals surface area contributed by atoms with Crippen molar-refractivity contribution in [3.63, 3.8) is 0 Å². The number of rotatable bonds is 16. The smallest absolute Gasteiger partial charge is 0.372 e. The first kappa shape index (κ1) is 28.9. The van der Waals surface area contributed by atoms with Crippen molar-refractivity contribution in [2.24, 2.45) is 0 Å². The summed E-state index contributed by atoms with van der Waals surface area (Å²) in [7, 11) is -4.54. The second-order valence-electron chi connectivity index (χ2n) is 8.17. The summed E-state index contributed by atoms with van der Waals surface area (Å²) in [5, 5.41) is 0. The Morgan fingerprint density at radius 1 is 0.656 bits per heavy atom. The first-order valence-corrected chi connectivity index (χ1v) is 13.4. The van der Waals surface area contributed by atoms with Crippen LogP contribution in [0.2, 0.25) is 0 Å². The van der Waals surface area contributed by atoms with Gasteiger partial charge in [0.1, 0.15) is 11.5 Å². The van der Waals surface area contributed by atoms with Crippen molar-refractivity contribution >= 4 is 7.82 Å². The Balaban J connectivity index is 0.00000512. The zero-order valence-corrected chi connectivity index (χ0v) is 23.8. The number of hydrogen-bond donors (Lipinski definition) is 0. The van der Waals surface area contributed by atoms with Crippen molar-refractivity contribution < 1.29 is 38.0 Å². The number of hydrogen-bond acceptors (Lipinski definition) is 4. The maximum Gasteiger partial charge on any atom is 0.372 e. The summed E-state index contributed by atoms with van der Waals surface area (Å²) in [5.74, 6) is 0.738. The Morgan fingerprint density at radius 3 is 1.44 bits per heavy atom. The van der Waals surface area contributed by atoms with E-state index >= 15 is 0 Å². The third-order valence-corrected chi connectivity index (χ3v) is 6.31. The summed E-state index contributed by atoms with van der Waals surface area (Å²) >= 11 is 0. The van der Waals surface area contributed by atoms with Gasteiger partial charge >= 0.3 is 7.82 Å². The monoisotopic (exact) mass is 509 g/mol. The third kappa shape index (κ3) is 11.1. The van der Waals surface area contributed by atoms with Crippen LogP contribution in [0, 0.1) is 0 Å². The van der Waals surface area contributed by atoms with Crippen LogP contribution in [0.15, 0.2) is 48.5 Å². The second kappa shape index (κ2) is 16.5. The Hall–Kier alpha value is -1.15. The summed E-state index contributed by atoms with van der Waals surface area (Å²) < 4.78 is 23.5. The van der Waals surface area contributed by atoms with E-state index in [1.165, 1.54) is 38.5 Å². The third-order valence-electron chi connectivity index (χ3n) is 5.46. The second-order valence-corrected chi connectivity index (χ2v) is 9.43. The SMILES string of the molecule is CCCCCCCc1ccccc1OP(=O)([O-])Oc1ccccc1CCCCCCC.[Zn]. The molecule has 0 spiro atoms. The Morgan fingerprint density at radius 2 is 1.03 bits per heavy atom. The van der Waals surface area contributed by atoms with Gasteiger partial charge in [-0.1, -0.05) is 102 Å². The van der Waals surface area contributed by atoms with E-state index in [-0.39, 0.29) is 19.5 Å². The fraction of sp³-hybridized carbons (Fsp3) is 0.538. The number of phosphoric acid groups is 1. The van der Waals surface area contributed by atoms with Gasteiger partial charge in [0.15, 0.2) is 0 Å². The summed E-state index contributed by atoms with van der Waals surface area (Å²) in [6.45, 7) is 4.39. The van der Waals surface area contributed by atoms with Gasteiger partial charge < -0.3 is 13.9 Å². The van der Waals surface area contributed by atoms with Crippen LogP contribution < -0.4 is 13.9 Å². The fourth-order valence-electron chi connectivity index (χ4n) is 3.70. The van der Waals surface area contributed by atoms with E-state index in [1.54, 1.807) is 24.3 Å². The summed E-state index contributed by atoms with van der Waals surface area (Å²) in [5.41, 5.74) is 1.81. The largest absolute Gasteiger partial charge is 0.736 e. The molecule has 0 aliphatic rings. The van der Waals surface area contributed by atoms with E-state index in [4.69, 9.17) is 9.05 Å². The number of para-hydroxylation sites is 2. The van der Waals surface area contributed by atoms with Gasteiger partial charge in [-0.3, -0.25) is 0 Å². The van der Waals surface area contributed by atoms with Crippen molar-refractivity contribution in [3.05, 3.63) is 59.7 Å². The van der Waals surface area contributed by atoms with E-state index in [1.807, 2.05) is 24.3 Å². The van der Waals surface area contributed by atoms with Gasteiger partial charge in [0.25, 0.3) is 0 Å². The maximum absolute atomic E-state index is 12.7. The van der Waals surface area contributed by atoms with Crippen molar-refractivity contribution in [1.29, 1.82) is 0 Å². The number of aryl methyl sites for hydroxylation is 2. The normalized spacial score (nSPS) is 11.1. The average molecular weight is 511 g/mol. The molecule has 0 aliphatic carbocycles. The number of benzene rings is 2. The summed E-state index contributed by atoms with van der Waals surface area (Å²) in [6.07, 6.45) is 13.2. The molecule has 0 saturated carbocycles. The van der Waals surface area contributed by atoms with E-state index in [9.17, 15) is 9.46 Å². The molecular formula is C26H38O4PZn-. The number of unbranched alkanes of at least 4 members (excludes halogenated alkanes) is 8. The quantitative estimate of drug-likeness (QED) is 0.132. The van der Waals surface area contributed by atoms with Crippen LogP contribution >= 0.6 is 7.82 Å². The van der Waals surface area contributed by atoms with Crippen LogP contribution in [-0.4, -0.2) is 0 Å². The van der Waals surface area contributed by atoms with Gasteiger partial charge in [-0.2, -0.15) is 0 Å². The molecule has 6 heteroatoms. The molecule has 0 saturated heterocycles. The molecule has 2 rings (SSSR count). The first-order valence-electron chi connectivity index (χ1n) is 11.9. The minimum atomic E-state index is -4.54. The van der Waals surface area contributed by atoms with Crippen LogP contribution in [0.3, 0.4) is 0 Å². The predicted octanol–water partition coefficient (Wildman–Crippen LogP) is 7.64. The standard InChI is InChI=1S/C26H39O4P.Zn/c1-3-5-7-9-11-17-23-19-13-15-21-25(23)29-31(27,28)30-26-22-16-14-20-24(26)18-12-10-8-6-4-2;/h13-16,19-22H,3-12,17-18H2,1-2H3,(H,27,28);/p-1. The Bertz CT molecular complexity index is 748. The predicted molar refractivity (Wildman–Crippen MR) is 127 cm³/mol. The van der Waals surface area contributed by atoms with Gasteiger partial charge in [-0.25, -0.2) is 4.57 Å². The Kier molecular flexibility index (Phi) is 14.9. The zero-order valence-electron chi connectivity index (χ0n) is 19.9. The maximum atomic E-state index is 12.7. The van der Waals surface area contributed by atoms with Crippen molar-refractivity contribution in [3.8, 4) is 11.5 Å². The molecule has 0 aliphatic heterocycles. The van der Waals surface area contributed by atoms with E-state index in [0.717, 1.165) is 49.7 Å². The minimum Gasteiger partial charge on any atom is -0.736 e. The summed E-state index contributed by atoms with van der Waals surface area (Å²) in [4.78, 5) is 12.7. The molecule has 4 nitrogen and oxygen atoms in total. The molecule has 2 aromatic rings. The molecule has 0 aromatic heterocycles. The molecule has 32 heavy (non-hydrogen) atoms. The van der Waals surface area contributed by atoms with E-state index in [0.29, 0.717) is 11.5 Å². The van der Waals surface area contributed by atoms with Crippen LogP contribution in [0.5, 0.6) is 11.5 Å². The van der Waals surface area contributed by atoms with E-state index in [2.05, 4.69) is 13.8 Å². The molecule has 0 unspecified atom stereocenters. The molecule has 0 atom stereocenters. The zero-order chi connectivity index (χ0) is 22.4. The topological polar surface area (TPSA) is 58.6 Å². The molecule has 0 bridgehead atoms. The van der Waals surface area contributed by atoms with Crippen LogP contribution in [0.1, 0.15) is 89.2 Å². The fourth-order valence-corrected chi connectivity index (χ4v) is 4.57. The molecule has 2 aromatic carbocycles. The van der Waals surface area contributed by atoms with Gasteiger partial charge in [-0.05, 0) is 48.9 Å². The molecule has 0 radical (unpaired) electrons. The first-order chi connectivity index (χ1) is 15.1. The van der Waals surface area contributed by atoms with E-state index < -0.39 is 7.82 Å². The molecule has 0 N–H and O–H groups in total. The molecule has 0 fully saturated rings. The molecule has 174 valence electrons. The van der Waals surface area contributed by atoms with Gasteiger partial charge in [0, 0.05) is 19.5 Å². The van der Waals surface area contributed by atoms with Crippen LogP contribution in [-0.2, 0) is 36.9 Å². The number of phosphoric ester groups is 1. The van der Waals surface area contributed by atoms with Crippen LogP contribution in [0.4, 0.5) is 0 Å². The Labute approximate surface area is 207 Å². The average Bonchev–Trinajstić information content (AvgIpc) is 2.75.